The highest BCUT2D eigenvalue weighted by atomic mass is 15.0. The number of hydrogen-bond donors (Lipinski definition) is 0. The van der Waals surface area contributed by atoms with Gasteiger partial charge in [0.15, 0.2) is 0 Å². The molecule has 0 aliphatic carbocycles. The molecule has 0 unspecified atom stereocenters. The highest BCUT2D eigenvalue weighted by molar-refractivity contribution is 6.22. The van der Waals surface area contributed by atoms with Gasteiger partial charge in [0.25, 0.3) is 0 Å². The van der Waals surface area contributed by atoms with Crippen LogP contribution in [0.3, 0.4) is 0 Å². The van der Waals surface area contributed by atoms with E-state index in [0.29, 0.717) is 0 Å². The molecule has 1 heteroatoms. The second-order valence-corrected chi connectivity index (χ2v) is 17.3. The van der Waals surface area contributed by atoms with E-state index in [4.69, 9.17) is 0 Å². The first kappa shape index (κ1) is 37.1. The molecule has 0 aliphatic rings. The van der Waals surface area contributed by atoms with E-state index >= 15 is 0 Å². The summed E-state index contributed by atoms with van der Waals surface area (Å²) in [6.07, 6.45) is 0. The topological polar surface area (TPSA) is 4.93 Å². The van der Waals surface area contributed by atoms with Crippen molar-refractivity contribution in [2.75, 3.05) is 0 Å². The van der Waals surface area contributed by atoms with Gasteiger partial charge in [0.05, 0.1) is 11.0 Å². The minimum absolute atomic E-state index is 1.13. The summed E-state index contributed by atoms with van der Waals surface area (Å²) in [5.74, 6) is 0. The molecule has 0 amide bonds. The molecular weight excluding hydrogens is 783 g/mol. The minimum Gasteiger partial charge on any atom is -0.309 e. The third-order valence-corrected chi connectivity index (χ3v) is 13.5. The van der Waals surface area contributed by atoms with E-state index in [-0.39, 0.29) is 0 Å². The number of benzene rings is 12. The third kappa shape index (κ3) is 6.24. The summed E-state index contributed by atoms with van der Waals surface area (Å²) in [5.41, 5.74) is 15.7. The van der Waals surface area contributed by atoms with Crippen LogP contribution in [0.25, 0.3) is 126 Å². The summed E-state index contributed by atoms with van der Waals surface area (Å²) in [5, 5.41) is 12.5. The Morgan fingerprint density at radius 1 is 0.200 bits per heavy atom. The van der Waals surface area contributed by atoms with Gasteiger partial charge in [-0.15, -0.1) is 0 Å². The van der Waals surface area contributed by atoms with Gasteiger partial charge in [-0.25, -0.2) is 0 Å². The normalized spacial score (nSPS) is 11.7. The highest BCUT2D eigenvalue weighted by Gasteiger charge is 2.19. The molecular formula is C64H41N. The van der Waals surface area contributed by atoms with Gasteiger partial charge < -0.3 is 4.57 Å². The minimum atomic E-state index is 1.13. The number of fused-ring (bicyclic) bond motifs is 7. The van der Waals surface area contributed by atoms with Crippen LogP contribution < -0.4 is 0 Å². The first-order valence-corrected chi connectivity index (χ1v) is 22.5. The zero-order valence-electron chi connectivity index (χ0n) is 35.6. The van der Waals surface area contributed by atoms with Crippen LogP contribution in [0.1, 0.15) is 0 Å². The monoisotopic (exact) mass is 823 g/mol. The highest BCUT2D eigenvalue weighted by Crippen LogP contribution is 2.45. The third-order valence-electron chi connectivity index (χ3n) is 13.5. The predicted octanol–water partition coefficient (Wildman–Crippen LogP) is 17.7. The van der Waals surface area contributed by atoms with Gasteiger partial charge in [-0.05, 0) is 153 Å². The summed E-state index contributed by atoms with van der Waals surface area (Å²) in [6, 6.07) is 91.6. The van der Waals surface area contributed by atoms with Gasteiger partial charge in [-0.2, -0.15) is 0 Å². The molecule has 1 heterocycles. The zero-order valence-corrected chi connectivity index (χ0v) is 35.6. The Hall–Kier alpha value is -8.52. The standard InChI is InChI=1S/C64H41N/c1-3-15-45(16-4-1)63-55-21-11-12-22-56(55)64(46-17-5-2-6-18-46)60-41-51(29-34-57(60)63)44-27-32-54(33-28-44)65-61-35-30-52(49-25-23-42-13-7-9-19-47(42)37-49)39-58(61)59-40-53(31-36-62(59)65)50-26-24-43-14-8-10-20-48(43)38-50/h1-41H. The summed E-state index contributed by atoms with van der Waals surface area (Å²) in [6.45, 7) is 0. The van der Waals surface area contributed by atoms with Crippen LogP contribution >= 0.6 is 0 Å². The number of rotatable bonds is 6. The first-order chi connectivity index (χ1) is 32.2. The zero-order chi connectivity index (χ0) is 42.8. The van der Waals surface area contributed by atoms with Crippen LogP contribution in [-0.2, 0) is 0 Å². The molecule has 13 aromatic rings. The van der Waals surface area contributed by atoms with Crippen LogP contribution in [0.15, 0.2) is 249 Å². The maximum Gasteiger partial charge on any atom is 0.0541 e. The largest absolute Gasteiger partial charge is 0.309 e. The molecule has 65 heavy (non-hydrogen) atoms. The molecule has 0 spiro atoms. The van der Waals surface area contributed by atoms with E-state index in [0.717, 1.165) is 5.69 Å². The number of aromatic nitrogens is 1. The Kier molecular flexibility index (Phi) is 8.60. The van der Waals surface area contributed by atoms with Gasteiger partial charge in [0.2, 0.25) is 0 Å². The van der Waals surface area contributed by atoms with Gasteiger partial charge in [0, 0.05) is 16.5 Å². The summed E-state index contributed by atoms with van der Waals surface area (Å²) < 4.78 is 2.44. The molecule has 0 saturated carbocycles. The van der Waals surface area contributed by atoms with Gasteiger partial charge in [-0.3, -0.25) is 0 Å². The van der Waals surface area contributed by atoms with Crippen LogP contribution in [-0.4, -0.2) is 4.57 Å². The molecule has 0 N–H and O–H groups in total. The summed E-state index contributed by atoms with van der Waals surface area (Å²) >= 11 is 0. The van der Waals surface area contributed by atoms with Crippen LogP contribution in [0.4, 0.5) is 0 Å². The quantitative estimate of drug-likeness (QED) is 0.147. The number of hydrogen-bond acceptors (Lipinski definition) is 0. The second kappa shape index (κ2) is 15.1. The lowest BCUT2D eigenvalue weighted by Crippen LogP contribution is -1.94. The maximum atomic E-state index is 2.44. The molecule has 12 aromatic carbocycles. The molecule has 0 radical (unpaired) electrons. The van der Waals surface area contributed by atoms with Crippen molar-refractivity contribution in [3.8, 4) is 61.3 Å². The van der Waals surface area contributed by atoms with E-state index < -0.39 is 0 Å². The van der Waals surface area contributed by atoms with Crippen LogP contribution in [0, 0.1) is 0 Å². The molecule has 302 valence electrons. The molecule has 13 rings (SSSR count). The SMILES string of the molecule is c1ccc(-c2c3ccccc3c(-c3ccccc3)c3cc(-c4ccc(-n5c6ccc(-c7ccc8ccccc8c7)cc6c6cc(-c7ccc8ccccc8c7)ccc65)cc4)ccc23)cc1. The smallest absolute Gasteiger partial charge is 0.0541 e. The van der Waals surface area contributed by atoms with Crippen molar-refractivity contribution in [3.63, 3.8) is 0 Å². The Morgan fingerprint density at radius 2 is 0.569 bits per heavy atom. The van der Waals surface area contributed by atoms with Crippen LogP contribution in [0.5, 0.6) is 0 Å². The van der Waals surface area contributed by atoms with Crippen molar-refractivity contribution in [1.82, 2.24) is 4.57 Å². The van der Waals surface area contributed by atoms with Crippen molar-refractivity contribution >= 4 is 64.9 Å². The van der Waals surface area contributed by atoms with Crippen molar-refractivity contribution in [2.45, 2.75) is 0 Å². The Labute approximate surface area is 377 Å². The van der Waals surface area contributed by atoms with E-state index in [9.17, 15) is 0 Å². The lowest BCUT2D eigenvalue weighted by molar-refractivity contribution is 1.18. The van der Waals surface area contributed by atoms with Crippen molar-refractivity contribution in [1.29, 1.82) is 0 Å². The maximum absolute atomic E-state index is 2.44. The molecule has 0 aliphatic heterocycles. The molecule has 0 bridgehead atoms. The number of nitrogens with zero attached hydrogens (tertiary/aromatic N) is 1. The second-order valence-electron chi connectivity index (χ2n) is 17.3. The average Bonchev–Trinajstić information content (AvgIpc) is 3.71. The fourth-order valence-electron chi connectivity index (χ4n) is 10.4. The predicted molar refractivity (Wildman–Crippen MR) is 278 cm³/mol. The molecule has 1 nitrogen and oxygen atoms in total. The van der Waals surface area contributed by atoms with E-state index in [1.165, 1.54) is 121 Å². The van der Waals surface area contributed by atoms with E-state index in [1.54, 1.807) is 0 Å². The molecule has 1 aromatic heterocycles. The Balaban J connectivity index is 0.971. The van der Waals surface area contributed by atoms with E-state index in [2.05, 4.69) is 253 Å². The molecule has 0 saturated heterocycles. The van der Waals surface area contributed by atoms with Gasteiger partial charge in [-0.1, -0.05) is 194 Å². The van der Waals surface area contributed by atoms with Crippen molar-refractivity contribution in [2.24, 2.45) is 0 Å². The Bertz CT molecular complexity index is 3830. The fourth-order valence-corrected chi connectivity index (χ4v) is 10.4. The van der Waals surface area contributed by atoms with Gasteiger partial charge in [0.1, 0.15) is 0 Å². The molecule has 0 fully saturated rings. The van der Waals surface area contributed by atoms with Crippen molar-refractivity contribution < 1.29 is 0 Å². The lowest BCUT2D eigenvalue weighted by atomic mass is 9.85. The van der Waals surface area contributed by atoms with Gasteiger partial charge >= 0.3 is 0 Å². The van der Waals surface area contributed by atoms with E-state index in [1.807, 2.05) is 0 Å². The fraction of sp³-hybridized carbons (Fsp3) is 0. The van der Waals surface area contributed by atoms with Crippen molar-refractivity contribution in [3.05, 3.63) is 249 Å². The summed E-state index contributed by atoms with van der Waals surface area (Å²) in [7, 11) is 0. The van der Waals surface area contributed by atoms with Crippen LogP contribution in [0.2, 0.25) is 0 Å². The molecule has 0 atom stereocenters. The average molecular weight is 824 g/mol. The Morgan fingerprint density at radius 3 is 1.11 bits per heavy atom. The first-order valence-electron chi connectivity index (χ1n) is 22.5. The lowest BCUT2D eigenvalue weighted by Gasteiger charge is -2.19. The summed E-state index contributed by atoms with van der Waals surface area (Å²) in [4.78, 5) is 0.